The lowest BCUT2D eigenvalue weighted by Crippen LogP contribution is -2.51. The van der Waals surface area contributed by atoms with Gasteiger partial charge in [0.15, 0.2) is 0 Å². The molecule has 108 valence electrons. The molecule has 2 atom stereocenters. The highest BCUT2D eigenvalue weighted by molar-refractivity contribution is 5.79. The van der Waals surface area contributed by atoms with Gasteiger partial charge in [0, 0.05) is 43.8 Å². The number of amides is 1. The average Bonchev–Trinajstić information content (AvgIpc) is 2.87. The molecule has 0 aliphatic carbocycles. The molecule has 0 spiro atoms. The maximum Gasteiger partial charge on any atom is 0.223 e. The van der Waals surface area contributed by atoms with E-state index in [-0.39, 0.29) is 6.04 Å². The van der Waals surface area contributed by atoms with E-state index in [1.807, 2.05) is 0 Å². The number of carbonyl (C=O) groups excluding carboxylic acids is 1. The number of hydrogen-bond acceptors (Lipinski definition) is 3. The van der Waals surface area contributed by atoms with Gasteiger partial charge in [-0.2, -0.15) is 0 Å². The Bertz CT molecular complexity index is 502. The van der Waals surface area contributed by atoms with Crippen LogP contribution >= 0.6 is 0 Å². The van der Waals surface area contributed by atoms with Gasteiger partial charge in [0.1, 0.15) is 0 Å². The van der Waals surface area contributed by atoms with Crippen LogP contribution in [0.4, 0.5) is 5.69 Å². The van der Waals surface area contributed by atoms with Crippen LogP contribution in [0.3, 0.4) is 0 Å². The first-order valence-electron chi connectivity index (χ1n) is 7.59. The van der Waals surface area contributed by atoms with Crippen molar-refractivity contribution in [3.8, 4) is 0 Å². The standard InChI is InChI=1S/C16H23N3O/c1-2-14(17)13-5-3-4-6-15(13)18-9-10-19-12(11-18)7-8-16(19)20/h3-6,12,14H,2,7-11,17H2,1H3. The van der Waals surface area contributed by atoms with E-state index >= 15 is 0 Å². The number of para-hydroxylation sites is 1. The molecule has 4 nitrogen and oxygen atoms in total. The maximum atomic E-state index is 11.8. The molecule has 3 rings (SSSR count). The van der Waals surface area contributed by atoms with Crippen molar-refractivity contribution in [2.45, 2.75) is 38.3 Å². The number of hydrogen-bond donors (Lipinski definition) is 1. The third kappa shape index (κ3) is 2.29. The fraction of sp³-hybridized carbons (Fsp3) is 0.562. The van der Waals surface area contributed by atoms with Crippen molar-refractivity contribution in [2.75, 3.05) is 24.5 Å². The van der Waals surface area contributed by atoms with Crippen molar-refractivity contribution in [1.29, 1.82) is 0 Å². The molecule has 4 heteroatoms. The zero-order valence-electron chi connectivity index (χ0n) is 12.1. The van der Waals surface area contributed by atoms with Gasteiger partial charge in [0.2, 0.25) is 5.91 Å². The van der Waals surface area contributed by atoms with Crippen LogP contribution in [-0.2, 0) is 4.79 Å². The molecule has 1 amide bonds. The molecule has 20 heavy (non-hydrogen) atoms. The number of piperazine rings is 1. The largest absolute Gasteiger partial charge is 0.367 e. The molecule has 2 heterocycles. The summed E-state index contributed by atoms with van der Waals surface area (Å²) in [6.07, 6.45) is 2.66. The zero-order chi connectivity index (χ0) is 14.1. The predicted octanol–water partition coefficient (Wildman–Crippen LogP) is 1.91. The van der Waals surface area contributed by atoms with Gasteiger partial charge in [0.25, 0.3) is 0 Å². The van der Waals surface area contributed by atoms with Crippen molar-refractivity contribution >= 4 is 11.6 Å². The second-order valence-corrected chi connectivity index (χ2v) is 5.80. The molecule has 2 N–H and O–H groups in total. The Kier molecular flexibility index (Phi) is 3.66. The average molecular weight is 273 g/mol. The molecular formula is C16H23N3O. The topological polar surface area (TPSA) is 49.6 Å². The van der Waals surface area contributed by atoms with E-state index in [0.29, 0.717) is 18.4 Å². The third-order valence-corrected chi connectivity index (χ3v) is 4.61. The maximum absolute atomic E-state index is 11.8. The fourth-order valence-electron chi connectivity index (χ4n) is 3.39. The number of nitrogens with two attached hydrogens (primary N) is 1. The van der Waals surface area contributed by atoms with Crippen molar-refractivity contribution in [1.82, 2.24) is 4.90 Å². The van der Waals surface area contributed by atoms with Gasteiger partial charge in [-0.1, -0.05) is 25.1 Å². The second-order valence-electron chi connectivity index (χ2n) is 5.80. The lowest BCUT2D eigenvalue weighted by molar-refractivity contribution is -0.129. The van der Waals surface area contributed by atoms with E-state index in [4.69, 9.17) is 5.73 Å². The van der Waals surface area contributed by atoms with Gasteiger partial charge in [-0.25, -0.2) is 0 Å². The smallest absolute Gasteiger partial charge is 0.223 e. The van der Waals surface area contributed by atoms with Crippen molar-refractivity contribution < 1.29 is 4.79 Å². The quantitative estimate of drug-likeness (QED) is 0.915. The molecule has 2 unspecified atom stereocenters. The Morgan fingerprint density at radius 1 is 1.35 bits per heavy atom. The molecule has 2 saturated heterocycles. The summed E-state index contributed by atoms with van der Waals surface area (Å²) in [6.45, 7) is 4.82. The predicted molar refractivity (Wildman–Crippen MR) is 80.6 cm³/mol. The Morgan fingerprint density at radius 2 is 2.15 bits per heavy atom. The molecule has 0 aromatic heterocycles. The minimum absolute atomic E-state index is 0.0921. The van der Waals surface area contributed by atoms with Gasteiger partial charge in [-0.15, -0.1) is 0 Å². The number of fused-ring (bicyclic) bond motifs is 1. The molecular weight excluding hydrogens is 250 g/mol. The summed E-state index contributed by atoms with van der Waals surface area (Å²) in [5.41, 5.74) is 8.72. The zero-order valence-corrected chi connectivity index (χ0v) is 12.1. The molecule has 2 aliphatic heterocycles. The number of anilines is 1. The summed E-state index contributed by atoms with van der Waals surface area (Å²) in [5, 5.41) is 0. The molecule has 0 saturated carbocycles. The van der Waals surface area contributed by atoms with Crippen molar-refractivity contribution in [3.63, 3.8) is 0 Å². The van der Waals surface area contributed by atoms with Crippen LogP contribution in [-0.4, -0.2) is 36.5 Å². The van der Waals surface area contributed by atoms with Gasteiger partial charge < -0.3 is 15.5 Å². The molecule has 0 bridgehead atoms. The van der Waals surface area contributed by atoms with E-state index < -0.39 is 0 Å². The fourth-order valence-corrected chi connectivity index (χ4v) is 3.39. The summed E-state index contributed by atoms with van der Waals surface area (Å²) in [5.74, 6) is 0.327. The van der Waals surface area contributed by atoms with Crippen LogP contribution in [0.2, 0.25) is 0 Å². The SMILES string of the molecule is CCC(N)c1ccccc1N1CCN2C(=O)CCC2C1. The Balaban J connectivity index is 1.82. The minimum atomic E-state index is 0.0921. The highest BCUT2D eigenvalue weighted by atomic mass is 16.2. The molecule has 0 radical (unpaired) electrons. The molecule has 1 aromatic carbocycles. The van der Waals surface area contributed by atoms with Crippen LogP contribution in [0.5, 0.6) is 0 Å². The third-order valence-electron chi connectivity index (χ3n) is 4.61. The van der Waals surface area contributed by atoms with E-state index in [1.54, 1.807) is 0 Å². The van der Waals surface area contributed by atoms with Crippen molar-refractivity contribution in [2.24, 2.45) is 5.73 Å². The van der Waals surface area contributed by atoms with E-state index in [2.05, 4.69) is 41.0 Å². The van der Waals surface area contributed by atoms with E-state index in [1.165, 1.54) is 11.3 Å². The van der Waals surface area contributed by atoms with Gasteiger partial charge in [0.05, 0.1) is 0 Å². The Hall–Kier alpha value is -1.55. The molecule has 1 aromatic rings. The lowest BCUT2D eigenvalue weighted by atomic mass is 10.0. The monoisotopic (exact) mass is 273 g/mol. The summed E-state index contributed by atoms with van der Waals surface area (Å²) in [7, 11) is 0. The van der Waals surface area contributed by atoms with Crippen LogP contribution in [0.15, 0.2) is 24.3 Å². The first-order valence-corrected chi connectivity index (χ1v) is 7.59. The van der Waals surface area contributed by atoms with Gasteiger partial charge >= 0.3 is 0 Å². The summed E-state index contributed by atoms with van der Waals surface area (Å²) >= 11 is 0. The number of nitrogens with zero attached hydrogens (tertiary/aromatic N) is 2. The van der Waals surface area contributed by atoms with E-state index in [0.717, 1.165) is 32.5 Å². The van der Waals surface area contributed by atoms with Gasteiger partial charge in [-0.05, 0) is 24.5 Å². The van der Waals surface area contributed by atoms with Crippen LogP contribution < -0.4 is 10.6 Å². The Morgan fingerprint density at radius 3 is 2.95 bits per heavy atom. The van der Waals surface area contributed by atoms with Crippen LogP contribution in [0.25, 0.3) is 0 Å². The first kappa shape index (κ1) is 13.4. The summed E-state index contributed by atoms with van der Waals surface area (Å²) in [4.78, 5) is 16.2. The Labute approximate surface area is 120 Å². The summed E-state index contributed by atoms with van der Waals surface area (Å²) in [6, 6.07) is 8.92. The lowest BCUT2D eigenvalue weighted by Gasteiger charge is -2.40. The number of rotatable bonds is 3. The van der Waals surface area contributed by atoms with Crippen molar-refractivity contribution in [3.05, 3.63) is 29.8 Å². The minimum Gasteiger partial charge on any atom is -0.367 e. The second kappa shape index (κ2) is 5.44. The van der Waals surface area contributed by atoms with Crippen LogP contribution in [0, 0.1) is 0 Å². The molecule has 2 fully saturated rings. The number of carbonyl (C=O) groups is 1. The first-order chi connectivity index (χ1) is 9.70. The normalized spacial score (nSPS) is 23.9. The number of benzene rings is 1. The van der Waals surface area contributed by atoms with Crippen LogP contribution in [0.1, 0.15) is 37.8 Å². The van der Waals surface area contributed by atoms with Gasteiger partial charge in [-0.3, -0.25) is 4.79 Å². The highest BCUT2D eigenvalue weighted by Crippen LogP contribution is 2.31. The summed E-state index contributed by atoms with van der Waals surface area (Å²) < 4.78 is 0. The highest BCUT2D eigenvalue weighted by Gasteiger charge is 2.35. The van der Waals surface area contributed by atoms with E-state index in [9.17, 15) is 4.79 Å². The molecule has 2 aliphatic rings.